The van der Waals surface area contributed by atoms with Gasteiger partial charge in [0.25, 0.3) is 0 Å². The summed E-state index contributed by atoms with van der Waals surface area (Å²) in [6.45, 7) is 5.22. The van der Waals surface area contributed by atoms with Gasteiger partial charge in [0.1, 0.15) is 5.92 Å². The monoisotopic (exact) mass is 257 g/mol. The van der Waals surface area contributed by atoms with Crippen LogP contribution in [0, 0.1) is 30.1 Å². The summed E-state index contributed by atoms with van der Waals surface area (Å²) < 4.78 is 5.37. The third kappa shape index (κ3) is 3.02. The first kappa shape index (κ1) is 13.8. The Balaban J connectivity index is 2.22. The van der Waals surface area contributed by atoms with Crippen molar-refractivity contribution in [2.75, 3.05) is 13.2 Å². The van der Waals surface area contributed by atoms with Crippen LogP contribution in [0.25, 0.3) is 0 Å². The van der Waals surface area contributed by atoms with Gasteiger partial charge in [-0.05, 0) is 24.8 Å². The fraction of sp³-hybridized carbons (Fsp3) is 0.500. The zero-order valence-electron chi connectivity index (χ0n) is 11.4. The van der Waals surface area contributed by atoms with Gasteiger partial charge in [0.05, 0.1) is 6.07 Å². The van der Waals surface area contributed by atoms with Crippen molar-refractivity contribution in [2.24, 2.45) is 11.8 Å². The predicted molar refractivity (Wildman–Crippen MR) is 72.6 cm³/mol. The predicted octanol–water partition coefficient (Wildman–Crippen LogP) is 2.84. The van der Waals surface area contributed by atoms with Crippen LogP contribution in [0.3, 0.4) is 0 Å². The number of carbonyl (C=O) groups is 1. The minimum absolute atomic E-state index is 0.0453. The van der Waals surface area contributed by atoms with E-state index in [-0.39, 0.29) is 17.6 Å². The largest absolute Gasteiger partial charge is 0.381 e. The molecule has 1 saturated heterocycles. The van der Waals surface area contributed by atoms with E-state index in [1.54, 1.807) is 0 Å². The van der Waals surface area contributed by atoms with Gasteiger partial charge in [-0.3, -0.25) is 4.79 Å². The molecule has 3 atom stereocenters. The molecule has 3 unspecified atom stereocenters. The summed E-state index contributed by atoms with van der Waals surface area (Å²) in [7, 11) is 0. The van der Waals surface area contributed by atoms with E-state index in [1.807, 2.05) is 38.1 Å². The first-order valence-electron chi connectivity index (χ1n) is 6.71. The zero-order valence-corrected chi connectivity index (χ0v) is 11.4. The standard InChI is InChI=1S/C16H19NO2/c1-11-4-3-5-13(8-11)15(9-17)16(18)14-6-7-19-10-12(14)2/h3-5,8,12,14-15H,6-7,10H2,1-2H3. The molecule has 0 amide bonds. The number of hydrogen-bond donors (Lipinski definition) is 0. The number of carbonyl (C=O) groups excluding carboxylic acids is 1. The van der Waals surface area contributed by atoms with Gasteiger partial charge in [-0.1, -0.05) is 36.8 Å². The molecule has 1 aromatic rings. The van der Waals surface area contributed by atoms with Crippen LogP contribution in [0.15, 0.2) is 24.3 Å². The Hall–Kier alpha value is -1.66. The molecule has 1 fully saturated rings. The Bertz CT molecular complexity index is 504. The molecular weight excluding hydrogens is 238 g/mol. The van der Waals surface area contributed by atoms with Crippen LogP contribution in [-0.4, -0.2) is 19.0 Å². The number of benzene rings is 1. The van der Waals surface area contributed by atoms with Gasteiger partial charge in [-0.2, -0.15) is 5.26 Å². The molecule has 0 spiro atoms. The van der Waals surface area contributed by atoms with Crippen molar-refractivity contribution < 1.29 is 9.53 Å². The second-order valence-electron chi connectivity index (χ2n) is 5.33. The Labute approximate surface area is 114 Å². The maximum atomic E-state index is 12.6. The molecule has 0 bridgehead atoms. The van der Waals surface area contributed by atoms with E-state index in [0.717, 1.165) is 17.5 Å². The molecule has 1 aliphatic rings. The van der Waals surface area contributed by atoms with Crippen LogP contribution in [0.4, 0.5) is 0 Å². The highest BCUT2D eigenvalue weighted by molar-refractivity contribution is 5.90. The molecule has 0 radical (unpaired) electrons. The first-order valence-corrected chi connectivity index (χ1v) is 6.71. The molecule has 1 aliphatic heterocycles. The van der Waals surface area contributed by atoms with Crippen molar-refractivity contribution in [1.29, 1.82) is 5.26 Å². The number of Topliss-reactive ketones (excluding diaryl/α,β-unsaturated/α-hetero) is 1. The van der Waals surface area contributed by atoms with E-state index in [4.69, 9.17) is 4.74 Å². The number of aryl methyl sites for hydroxylation is 1. The molecule has 2 rings (SSSR count). The summed E-state index contributed by atoms with van der Waals surface area (Å²) in [5, 5.41) is 9.36. The Morgan fingerprint density at radius 3 is 2.95 bits per heavy atom. The Morgan fingerprint density at radius 1 is 1.53 bits per heavy atom. The van der Waals surface area contributed by atoms with Crippen molar-refractivity contribution in [3.63, 3.8) is 0 Å². The molecule has 100 valence electrons. The number of ether oxygens (including phenoxy) is 1. The highest BCUT2D eigenvalue weighted by Gasteiger charge is 2.33. The lowest BCUT2D eigenvalue weighted by Gasteiger charge is -2.29. The smallest absolute Gasteiger partial charge is 0.157 e. The third-order valence-electron chi connectivity index (χ3n) is 3.80. The molecule has 0 saturated carbocycles. The van der Waals surface area contributed by atoms with Crippen LogP contribution in [0.2, 0.25) is 0 Å². The van der Waals surface area contributed by atoms with E-state index in [0.29, 0.717) is 13.2 Å². The fourth-order valence-corrected chi connectivity index (χ4v) is 2.67. The fourth-order valence-electron chi connectivity index (χ4n) is 2.67. The van der Waals surface area contributed by atoms with E-state index in [2.05, 4.69) is 6.07 Å². The second-order valence-corrected chi connectivity index (χ2v) is 5.33. The van der Waals surface area contributed by atoms with Crippen LogP contribution in [-0.2, 0) is 9.53 Å². The maximum absolute atomic E-state index is 12.6. The molecule has 0 N–H and O–H groups in total. The van der Waals surface area contributed by atoms with Crippen LogP contribution < -0.4 is 0 Å². The SMILES string of the molecule is Cc1cccc(C(C#N)C(=O)C2CCOCC2C)c1. The highest BCUT2D eigenvalue weighted by atomic mass is 16.5. The van der Waals surface area contributed by atoms with E-state index in [9.17, 15) is 10.1 Å². The van der Waals surface area contributed by atoms with Crippen molar-refractivity contribution in [3.8, 4) is 6.07 Å². The van der Waals surface area contributed by atoms with Gasteiger partial charge in [0.15, 0.2) is 5.78 Å². The van der Waals surface area contributed by atoms with E-state index < -0.39 is 5.92 Å². The first-order chi connectivity index (χ1) is 9.13. The molecule has 19 heavy (non-hydrogen) atoms. The summed E-state index contributed by atoms with van der Waals surface area (Å²) in [6, 6.07) is 9.83. The normalized spacial score (nSPS) is 24.5. The van der Waals surface area contributed by atoms with Crippen LogP contribution in [0.5, 0.6) is 0 Å². The van der Waals surface area contributed by atoms with E-state index in [1.165, 1.54) is 0 Å². The summed E-state index contributed by atoms with van der Waals surface area (Å²) >= 11 is 0. The molecule has 0 aliphatic carbocycles. The minimum atomic E-state index is -0.648. The van der Waals surface area contributed by atoms with Gasteiger partial charge in [-0.15, -0.1) is 0 Å². The number of nitriles is 1. The number of hydrogen-bond acceptors (Lipinski definition) is 3. The van der Waals surface area contributed by atoms with Gasteiger partial charge >= 0.3 is 0 Å². The van der Waals surface area contributed by atoms with E-state index >= 15 is 0 Å². The Morgan fingerprint density at radius 2 is 2.32 bits per heavy atom. The number of ketones is 1. The highest BCUT2D eigenvalue weighted by Crippen LogP contribution is 2.29. The minimum Gasteiger partial charge on any atom is -0.381 e. The molecule has 3 heteroatoms. The maximum Gasteiger partial charge on any atom is 0.157 e. The zero-order chi connectivity index (χ0) is 13.8. The average molecular weight is 257 g/mol. The number of rotatable bonds is 3. The Kier molecular flexibility index (Phi) is 4.34. The van der Waals surface area contributed by atoms with Gasteiger partial charge in [0.2, 0.25) is 0 Å². The molecular formula is C16H19NO2. The van der Waals surface area contributed by atoms with Crippen molar-refractivity contribution in [3.05, 3.63) is 35.4 Å². The second kappa shape index (κ2) is 5.99. The van der Waals surface area contributed by atoms with Gasteiger partial charge in [-0.25, -0.2) is 0 Å². The van der Waals surface area contributed by atoms with Crippen molar-refractivity contribution in [1.82, 2.24) is 0 Å². The lowest BCUT2D eigenvalue weighted by atomic mass is 9.79. The molecule has 3 nitrogen and oxygen atoms in total. The molecule has 1 aromatic carbocycles. The van der Waals surface area contributed by atoms with Gasteiger partial charge < -0.3 is 4.74 Å². The van der Waals surface area contributed by atoms with Crippen molar-refractivity contribution in [2.45, 2.75) is 26.2 Å². The summed E-state index contributed by atoms with van der Waals surface area (Å²) in [5.74, 6) is -0.463. The van der Waals surface area contributed by atoms with Crippen LogP contribution >= 0.6 is 0 Å². The quantitative estimate of drug-likeness (QED) is 0.836. The summed E-state index contributed by atoms with van der Waals surface area (Å²) in [4.78, 5) is 12.6. The summed E-state index contributed by atoms with van der Waals surface area (Å²) in [6.07, 6.45) is 0.726. The molecule has 0 aromatic heterocycles. The van der Waals surface area contributed by atoms with Crippen molar-refractivity contribution >= 4 is 5.78 Å². The third-order valence-corrected chi connectivity index (χ3v) is 3.80. The average Bonchev–Trinajstić information content (AvgIpc) is 2.40. The summed E-state index contributed by atoms with van der Waals surface area (Å²) in [5.41, 5.74) is 1.89. The van der Waals surface area contributed by atoms with Crippen LogP contribution in [0.1, 0.15) is 30.4 Å². The number of nitrogens with zero attached hydrogens (tertiary/aromatic N) is 1. The lowest BCUT2D eigenvalue weighted by molar-refractivity contribution is -0.128. The van der Waals surface area contributed by atoms with Gasteiger partial charge in [0, 0.05) is 19.1 Å². The lowest BCUT2D eigenvalue weighted by Crippen LogP contribution is -2.34. The molecule has 1 heterocycles. The topological polar surface area (TPSA) is 50.1 Å².